The van der Waals surface area contributed by atoms with Crippen molar-refractivity contribution >= 4 is 29.3 Å². The summed E-state index contributed by atoms with van der Waals surface area (Å²) in [5, 5.41) is 11.6. The lowest BCUT2D eigenvalue weighted by atomic mass is 10.1. The van der Waals surface area contributed by atoms with Crippen molar-refractivity contribution < 1.29 is 22.8 Å². The third kappa shape index (κ3) is 5.71. The van der Waals surface area contributed by atoms with Gasteiger partial charge in [0, 0.05) is 31.0 Å². The van der Waals surface area contributed by atoms with Crippen LogP contribution in [0.1, 0.15) is 27.2 Å². The lowest BCUT2D eigenvalue weighted by Gasteiger charge is -2.13. The van der Waals surface area contributed by atoms with E-state index in [0.717, 1.165) is 17.8 Å². The normalized spacial score (nSPS) is 10.9. The number of thioether (sulfide) groups is 1. The molecule has 1 N–H and O–H groups in total. The topological polar surface area (TPSA) is 86.1 Å². The van der Waals surface area contributed by atoms with Crippen molar-refractivity contribution in [3.63, 3.8) is 0 Å². The number of rotatable bonds is 5. The maximum Gasteiger partial charge on any atom is 0.417 e. The Morgan fingerprint density at radius 1 is 1.24 bits per heavy atom. The van der Waals surface area contributed by atoms with E-state index in [1.54, 1.807) is 38.4 Å². The summed E-state index contributed by atoms with van der Waals surface area (Å²) in [5.41, 5.74) is -0.700. The number of aryl methyl sites for hydroxylation is 1. The number of hydrogen-bond acceptors (Lipinski definition) is 5. The number of halogens is 3. The van der Waals surface area contributed by atoms with E-state index in [4.69, 9.17) is 5.26 Å². The van der Waals surface area contributed by atoms with Crippen LogP contribution < -0.4 is 5.32 Å². The van der Waals surface area contributed by atoms with Gasteiger partial charge in [-0.3, -0.25) is 9.59 Å². The molecule has 152 valence electrons. The highest BCUT2D eigenvalue weighted by molar-refractivity contribution is 8.00. The Balaban J connectivity index is 2.09. The summed E-state index contributed by atoms with van der Waals surface area (Å²) in [4.78, 5) is 29.4. The number of carbonyl (C=O) groups is 2. The van der Waals surface area contributed by atoms with E-state index in [2.05, 4.69) is 10.3 Å². The van der Waals surface area contributed by atoms with Gasteiger partial charge in [-0.1, -0.05) is 11.8 Å². The first-order valence-corrected chi connectivity index (χ1v) is 9.24. The van der Waals surface area contributed by atoms with Crippen LogP contribution in [0.15, 0.2) is 35.4 Å². The van der Waals surface area contributed by atoms with E-state index in [1.807, 2.05) is 0 Å². The quantitative estimate of drug-likeness (QED) is 0.743. The molecule has 2 amide bonds. The molecule has 10 heteroatoms. The van der Waals surface area contributed by atoms with E-state index >= 15 is 0 Å². The molecule has 6 nitrogen and oxygen atoms in total. The maximum absolute atomic E-state index is 13.1. The molecule has 0 saturated carbocycles. The molecule has 0 aliphatic rings. The van der Waals surface area contributed by atoms with Crippen molar-refractivity contribution in [2.24, 2.45) is 0 Å². The molecule has 0 fully saturated rings. The molecule has 1 heterocycles. The van der Waals surface area contributed by atoms with Gasteiger partial charge in [0.1, 0.15) is 11.1 Å². The van der Waals surface area contributed by atoms with Crippen molar-refractivity contribution in [1.82, 2.24) is 9.88 Å². The van der Waals surface area contributed by atoms with Gasteiger partial charge in [-0.05, 0) is 37.3 Å². The van der Waals surface area contributed by atoms with E-state index in [0.29, 0.717) is 11.3 Å². The van der Waals surface area contributed by atoms with Crippen LogP contribution >= 0.6 is 11.8 Å². The molecular weight excluding hydrogens is 405 g/mol. The van der Waals surface area contributed by atoms with Crippen LogP contribution in [0.2, 0.25) is 0 Å². The lowest BCUT2D eigenvalue weighted by molar-refractivity contribution is -0.138. The summed E-state index contributed by atoms with van der Waals surface area (Å²) >= 11 is 0.749. The number of nitrogens with zero attached hydrogens (tertiary/aromatic N) is 3. The van der Waals surface area contributed by atoms with Crippen LogP contribution in [-0.2, 0) is 11.0 Å². The summed E-state index contributed by atoms with van der Waals surface area (Å²) in [5.74, 6) is -0.906. The van der Waals surface area contributed by atoms with Crippen LogP contribution in [0.5, 0.6) is 0 Å². The summed E-state index contributed by atoms with van der Waals surface area (Å²) in [7, 11) is 3.24. The molecular formula is C19H17F3N4O2S. The van der Waals surface area contributed by atoms with Crippen LogP contribution in [0.4, 0.5) is 18.9 Å². The van der Waals surface area contributed by atoms with Crippen LogP contribution in [-0.4, -0.2) is 41.5 Å². The molecule has 0 unspecified atom stereocenters. The van der Waals surface area contributed by atoms with Gasteiger partial charge in [-0.2, -0.15) is 18.4 Å². The lowest BCUT2D eigenvalue weighted by Crippen LogP contribution is -2.21. The number of amides is 2. The second kappa shape index (κ2) is 8.96. The van der Waals surface area contributed by atoms with Gasteiger partial charge in [0.25, 0.3) is 5.91 Å². The predicted molar refractivity (Wildman–Crippen MR) is 103 cm³/mol. The van der Waals surface area contributed by atoms with Crippen molar-refractivity contribution in [1.29, 1.82) is 5.26 Å². The highest BCUT2D eigenvalue weighted by Crippen LogP contribution is 2.35. The molecule has 0 radical (unpaired) electrons. The summed E-state index contributed by atoms with van der Waals surface area (Å²) < 4.78 is 39.4. The van der Waals surface area contributed by atoms with Gasteiger partial charge >= 0.3 is 6.18 Å². The van der Waals surface area contributed by atoms with Crippen molar-refractivity contribution in [2.45, 2.75) is 18.1 Å². The zero-order valence-electron chi connectivity index (χ0n) is 15.8. The molecule has 0 atom stereocenters. The Hall–Kier alpha value is -3.06. The first-order valence-electron chi connectivity index (χ1n) is 8.26. The number of anilines is 1. The molecule has 0 spiro atoms. The number of aromatic nitrogens is 1. The Bertz CT molecular complexity index is 967. The predicted octanol–water partition coefficient (Wildman–Crippen LogP) is 3.71. The fraction of sp³-hybridized carbons (Fsp3) is 0.263. The molecule has 29 heavy (non-hydrogen) atoms. The zero-order chi connectivity index (χ0) is 21.8. The average molecular weight is 422 g/mol. The third-order valence-electron chi connectivity index (χ3n) is 3.69. The largest absolute Gasteiger partial charge is 0.417 e. The maximum atomic E-state index is 13.1. The van der Waals surface area contributed by atoms with Gasteiger partial charge in [0.05, 0.1) is 16.9 Å². The number of alkyl halides is 3. The van der Waals surface area contributed by atoms with Crippen molar-refractivity contribution in [3.05, 3.63) is 52.7 Å². The first kappa shape index (κ1) is 22.2. The number of benzene rings is 1. The summed E-state index contributed by atoms with van der Waals surface area (Å²) in [6.07, 6.45) is -4.69. The molecule has 0 aliphatic carbocycles. The fourth-order valence-electron chi connectivity index (χ4n) is 2.37. The number of pyridine rings is 1. The summed E-state index contributed by atoms with van der Waals surface area (Å²) in [6, 6.07) is 8.53. The molecule has 0 bridgehead atoms. The van der Waals surface area contributed by atoms with E-state index in [-0.39, 0.29) is 22.4 Å². The minimum Gasteiger partial charge on any atom is -0.345 e. The summed E-state index contributed by atoms with van der Waals surface area (Å²) in [6.45, 7) is 1.39. The minimum absolute atomic E-state index is 0.0976. The Morgan fingerprint density at radius 3 is 2.38 bits per heavy atom. The smallest absolute Gasteiger partial charge is 0.345 e. The monoisotopic (exact) mass is 422 g/mol. The Labute approximate surface area is 169 Å². The van der Waals surface area contributed by atoms with E-state index in [1.165, 1.54) is 17.9 Å². The van der Waals surface area contributed by atoms with Gasteiger partial charge in [-0.25, -0.2) is 4.98 Å². The number of nitriles is 1. The van der Waals surface area contributed by atoms with E-state index in [9.17, 15) is 22.8 Å². The molecule has 0 saturated heterocycles. The molecule has 2 aromatic rings. The molecule has 2 rings (SSSR count). The second-order valence-corrected chi connectivity index (χ2v) is 7.18. The van der Waals surface area contributed by atoms with Gasteiger partial charge in [0.15, 0.2) is 0 Å². The zero-order valence-corrected chi connectivity index (χ0v) is 16.6. The van der Waals surface area contributed by atoms with Gasteiger partial charge in [0.2, 0.25) is 5.91 Å². The first-order chi connectivity index (χ1) is 13.5. The van der Waals surface area contributed by atoms with Gasteiger partial charge < -0.3 is 10.2 Å². The second-order valence-electron chi connectivity index (χ2n) is 6.21. The number of carbonyl (C=O) groups excluding carboxylic acids is 2. The van der Waals surface area contributed by atoms with Crippen molar-refractivity contribution in [2.75, 3.05) is 25.2 Å². The molecule has 1 aromatic carbocycles. The minimum atomic E-state index is -4.69. The Morgan fingerprint density at radius 2 is 1.86 bits per heavy atom. The highest BCUT2D eigenvalue weighted by atomic mass is 32.2. The number of nitrogens with one attached hydrogen (secondary N) is 1. The highest BCUT2D eigenvalue weighted by Gasteiger charge is 2.35. The van der Waals surface area contributed by atoms with Crippen LogP contribution in [0.25, 0.3) is 0 Å². The fourth-order valence-corrected chi connectivity index (χ4v) is 3.21. The Kier molecular flexibility index (Phi) is 6.87. The third-order valence-corrected chi connectivity index (χ3v) is 4.67. The van der Waals surface area contributed by atoms with Gasteiger partial charge in [-0.15, -0.1) is 0 Å². The number of hydrogen-bond donors (Lipinski definition) is 1. The molecule has 1 aromatic heterocycles. The van der Waals surface area contributed by atoms with Crippen LogP contribution in [0, 0.1) is 18.3 Å². The average Bonchev–Trinajstić information content (AvgIpc) is 2.65. The SMILES string of the molecule is Cc1cc(C(F)(F)F)c(C#N)c(SCC(=O)Nc2ccc(C(=O)N(C)C)cc2)n1. The molecule has 0 aliphatic heterocycles. The van der Waals surface area contributed by atoms with E-state index < -0.39 is 23.2 Å². The van der Waals surface area contributed by atoms with Crippen LogP contribution in [0.3, 0.4) is 0 Å². The standard InChI is InChI=1S/C19H17F3N4O2S/c1-11-8-15(19(20,21)22)14(9-23)17(24-11)29-10-16(27)25-13-6-4-12(5-7-13)18(28)26(2)3/h4-8H,10H2,1-3H3,(H,25,27). The van der Waals surface area contributed by atoms with Crippen molar-refractivity contribution in [3.8, 4) is 6.07 Å².